The second kappa shape index (κ2) is 4.44. The fourth-order valence-electron chi connectivity index (χ4n) is 1.80. The van der Waals surface area contributed by atoms with Crippen LogP contribution in [-0.4, -0.2) is 35.0 Å². The lowest BCUT2D eigenvalue weighted by atomic mass is 9.86. The molecule has 1 rings (SSSR count). The third kappa shape index (κ3) is 2.72. The summed E-state index contributed by atoms with van der Waals surface area (Å²) in [6.45, 7) is 4.65. The molecule has 0 aromatic heterocycles. The second-order valence-corrected chi connectivity index (χ2v) is 4.21. The molecule has 0 aromatic carbocycles. The Morgan fingerprint density at radius 3 is 2.71 bits per heavy atom. The quantitative estimate of drug-likeness (QED) is 0.736. The third-order valence-corrected chi connectivity index (χ3v) is 2.83. The lowest BCUT2D eigenvalue weighted by Crippen LogP contribution is -2.42. The van der Waals surface area contributed by atoms with E-state index in [0.29, 0.717) is 24.8 Å². The van der Waals surface area contributed by atoms with Crippen LogP contribution in [0.25, 0.3) is 0 Å². The van der Waals surface area contributed by atoms with Gasteiger partial charge in [-0.15, -0.1) is 0 Å². The molecule has 1 aliphatic rings. The summed E-state index contributed by atoms with van der Waals surface area (Å²) in [5, 5.41) is 8.56. The standard InChI is InChI=1S/C10H17NO3/c1-7(2)8-3-4-11(6-10(13)14)9(12)5-8/h7-8H,3-6H2,1-2H3,(H,13,14). The van der Waals surface area contributed by atoms with Gasteiger partial charge in [-0.05, 0) is 18.3 Å². The number of likely N-dealkylation sites (tertiary alicyclic amines) is 1. The van der Waals surface area contributed by atoms with Gasteiger partial charge in [0.25, 0.3) is 0 Å². The van der Waals surface area contributed by atoms with Crippen molar-refractivity contribution in [1.29, 1.82) is 0 Å². The Bertz CT molecular complexity index is 238. The smallest absolute Gasteiger partial charge is 0.323 e. The molecule has 1 atom stereocenters. The number of hydrogen-bond acceptors (Lipinski definition) is 2. The van der Waals surface area contributed by atoms with Crippen molar-refractivity contribution >= 4 is 11.9 Å². The minimum absolute atomic E-state index is 0.0163. The summed E-state index contributed by atoms with van der Waals surface area (Å²) in [6.07, 6.45) is 1.43. The number of rotatable bonds is 3. The normalized spacial score (nSPS) is 22.9. The van der Waals surface area contributed by atoms with Crippen molar-refractivity contribution in [2.45, 2.75) is 26.7 Å². The van der Waals surface area contributed by atoms with Crippen molar-refractivity contribution in [3.63, 3.8) is 0 Å². The van der Waals surface area contributed by atoms with E-state index >= 15 is 0 Å². The fourth-order valence-corrected chi connectivity index (χ4v) is 1.80. The molecule has 0 radical (unpaired) electrons. The average molecular weight is 199 g/mol. The van der Waals surface area contributed by atoms with Crippen LogP contribution in [0.2, 0.25) is 0 Å². The molecule has 1 unspecified atom stereocenters. The van der Waals surface area contributed by atoms with Gasteiger partial charge in [-0.25, -0.2) is 0 Å². The van der Waals surface area contributed by atoms with Gasteiger partial charge in [0.05, 0.1) is 0 Å². The molecule has 1 saturated heterocycles. The highest BCUT2D eigenvalue weighted by atomic mass is 16.4. The number of carbonyl (C=O) groups is 2. The summed E-state index contributed by atoms with van der Waals surface area (Å²) in [7, 11) is 0. The predicted molar refractivity (Wildman–Crippen MR) is 51.8 cm³/mol. The maximum absolute atomic E-state index is 11.5. The highest BCUT2D eigenvalue weighted by molar-refractivity contribution is 5.82. The number of carboxylic acid groups (broad SMARTS) is 1. The summed E-state index contributed by atoms with van der Waals surface area (Å²) in [5.74, 6) is -0.0165. The van der Waals surface area contributed by atoms with E-state index < -0.39 is 5.97 Å². The van der Waals surface area contributed by atoms with Gasteiger partial charge in [0.2, 0.25) is 5.91 Å². The number of carboxylic acids is 1. The van der Waals surface area contributed by atoms with Crippen LogP contribution < -0.4 is 0 Å². The third-order valence-electron chi connectivity index (χ3n) is 2.83. The molecule has 0 spiro atoms. The first kappa shape index (κ1) is 11.0. The molecule has 4 heteroatoms. The number of carbonyl (C=O) groups excluding carboxylic acids is 1. The average Bonchev–Trinajstić information content (AvgIpc) is 2.07. The lowest BCUT2D eigenvalue weighted by molar-refractivity contribution is -0.146. The maximum atomic E-state index is 11.5. The Balaban J connectivity index is 2.48. The fraction of sp³-hybridized carbons (Fsp3) is 0.800. The lowest BCUT2D eigenvalue weighted by Gasteiger charge is -2.32. The van der Waals surface area contributed by atoms with Crippen molar-refractivity contribution in [3.05, 3.63) is 0 Å². The number of aliphatic carboxylic acids is 1. The second-order valence-electron chi connectivity index (χ2n) is 4.21. The van der Waals surface area contributed by atoms with E-state index in [4.69, 9.17) is 5.11 Å². The zero-order chi connectivity index (χ0) is 10.7. The Hall–Kier alpha value is -1.06. The number of amides is 1. The van der Waals surface area contributed by atoms with Crippen LogP contribution in [0.15, 0.2) is 0 Å². The first-order valence-corrected chi connectivity index (χ1v) is 5.00. The number of piperidine rings is 1. The maximum Gasteiger partial charge on any atom is 0.323 e. The molecule has 14 heavy (non-hydrogen) atoms. The molecule has 0 aliphatic carbocycles. The van der Waals surface area contributed by atoms with Gasteiger partial charge >= 0.3 is 5.97 Å². The monoisotopic (exact) mass is 199 g/mol. The van der Waals surface area contributed by atoms with Gasteiger partial charge in [0, 0.05) is 13.0 Å². The number of nitrogens with zero attached hydrogens (tertiary/aromatic N) is 1. The van der Waals surface area contributed by atoms with Gasteiger partial charge in [-0.3, -0.25) is 9.59 Å². The van der Waals surface area contributed by atoms with Crippen molar-refractivity contribution in [3.8, 4) is 0 Å². The van der Waals surface area contributed by atoms with Crippen LogP contribution >= 0.6 is 0 Å². The largest absolute Gasteiger partial charge is 0.480 e. The SMILES string of the molecule is CC(C)C1CCN(CC(=O)O)C(=O)C1. The minimum Gasteiger partial charge on any atom is -0.480 e. The molecule has 80 valence electrons. The van der Waals surface area contributed by atoms with E-state index in [9.17, 15) is 9.59 Å². The van der Waals surface area contributed by atoms with Gasteiger partial charge in [0.15, 0.2) is 0 Å². The predicted octanol–water partition coefficient (Wildman–Crippen LogP) is 0.966. The molecule has 1 heterocycles. The summed E-state index contributed by atoms with van der Waals surface area (Å²) in [6, 6.07) is 0. The van der Waals surface area contributed by atoms with Crippen molar-refractivity contribution in [2.24, 2.45) is 11.8 Å². The summed E-state index contributed by atoms with van der Waals surface area (Å²) < 4.78 is 0. The molecular formula is C10H17NO3. The Kier molecular flexibility index (Phi) is 3.49. The minimum atomic E-state index is -0.929. The van der Waals surface area contributed by atoms with Gasteiger partial charge in [0.1, 0.15) is 6.54 Å². The van der Waals surface area contributed by atoms with E-state index in [-0.39, 0.29) is 12.5 Å². The Morgan fingerprint density at radius 1 is 1.64 bits per heavy atom. The molecule has 1 N–H and O–H groups in total. The van der Waals surface area contributed by atoms with Crippen molar-refractivity contribution in [1.82, 2.24) is 4.90 Å². The van der Waals surface area contributed by atoms with Crippen LogP contribution in [0.3, 0.4) is 0 Å². The zero-order valence-electron chi connectivity index (χ0n) is 8.69. The first-order valence-electron chi connectivity index (χ1n) is 5.00. The molecule has 4 nitrogen and oxygen atoms in total. The topological polar surface area (TPSA) is 57.6 Å². The van der Waals surface area contributed by atoms with E-state index in [2.05, 4.69) is 13.8 Å². The zero-order valence-corrected chi connectivity index (χ0v) is 8.69. The van der Waals surface area contributed by atoms with Crippen LogP contribution in [-0.2, 0) is 9.59 Å². The van der Waals surface area contributed by atoms with Crippen LogP contribution in [0.5, 0.6) is 0 Å². The van der Waals surface area contributed by atoms with Crippen molar-refractivity contribution in [2.75, 3.05) is 13.1 Å². The highest BCUT2D eigenvalue weighted by Gasteiger charge is 2.28. The van der Waals surface area contributed by atoms with Crippen LogP contribution in [0.4, 0.5) is 0 Å². The summed E-state index contributed by atoms with van der Waals surface area (Å²) in [5.41, 5.74) is 0. The molecule has 0 bridgehead atoms. The van der Waals surface area contributed by atoms with E-state index in [1.807, 2.05) is 0 Å². The molecular weight excluding hydrogens is 182 g/mol. The Labute approximate surface area is 83.9 Å². The molecule has 0 saturated carbocycles. The van der Waals surface area contributed by atoms with Gasteiger partial charge in [-0.1, -0.05) is 13.8 Å². The Morgan fingerprint density at radius 2 is 2.29 bits per heavy atom. The van der Waals surface area contributed by atoms with Crippen LogP contribution in [0, 0.1) is 11.8 Å². The highest BCUT2D eigenvalue weighted by Crippen LogP contribution is 2.24. The molecule has 0 aromatic rings. The van der Waals surface area contributed by atoms with Crippen molar-refractivity contribution < 1.29 is 14.7 Å². The van der Waals surface area contributed by atoms with Gasteiger partial charge < -0.3 is 10.0 Å². The first-order chi connectivity index (χ1) is 6.50. The van der Waals surface area contributed by atoms with E-state index in [1.54, 1.807) is 0 Å². The number of hydrogen-bond donors (Lipinski definition) is 1. The van der Waals surface area contributed by atoms with E-state index in [1.165, 1.54) is 4.90 Å². The molecule has 1 fully saturated rings. The van der Waals surface area contributed by atoms with Crippen LogP contribution in [0.1, 0.15) is 26.7 Å². The summed E-state index contributed by atoms with van der Waals surface area (Å²) in [4.78, 5) is 23.4. The summed E-state index contributed by atoms with van der Waals surface area (Å²) >= 11 is 0. The molecule has 1 aliphatic heterocycles. The van der Waals surface area contributed by atoms with E-state index in [0.717, 1.165) is 6.42 Å². The van der Waals surface area contributed by atoms with Gasteiger partial charge in [-0.2, -0.15) is 0 Å². The molecule has 1 amide bonds.